The lowest BCUT2D eigenvalue weighted by molar-refractivity contribution is -0.130. The van der Waals surface area contributed by atoms with E-state index in [1.54, 1.807) is 7.11 Å². The Hall–Kier alpha value is -3.92. The van der Waals surface area contributed by atoms with E-state index < -0.39 is 11.6 Å². The summed E-state index contributed by atoms with van der Waals surface area (Å²) in [5.74, 6) is 1.39. The van der Waals surface area contributed by atoms with Crippen LogP contribution in [0.25, 0.3) is 0 Å². The number of hydrogen-bond acceptors (Lipinski definition) is 8. The number of benzene rings is 3. The Bertz CT molecular complexity index is 1300. The van der Waals surface area contributed by atoms with Gasteiger partial charge in [-0.2, -0.15) is 0 Å². The fourth-order valence-corrected chi connectivity index (χ4v) is 4.72. The summed E-state index contributed by atoms with van der Waals surface area (Å²) in [7, 11) is 1.61. The van der Waals surface area contributed by atoms with Gasteiger partial charge in [0.1, 0.15) is 11.5 Å². The Labute approximate surface area is 247 Å². The number of rotatable bonds is 16. The zero-order valence-corrected chi connectivity index (χ0v) is 24.5. The van der Waals surface area contributed by atoms with Crippen molar-refractivity contribution in [2.45, 2.75) is 50.9 Å². The molecule has 2 atom stereocenters. The number of carbonyl (C=O) groups excluding carboxylic acids is 1. The molecule has 4 rings (SSSR count). The zero-order chi connectivity index (χ0) is 29.8. The molecule has 3 N–H and O–H groups in total. The van der Waals surface area contributed by atoms with Crippen molar-refractivity contribution >= 4 is 11.8 Å². The van der Waals surface area contributed by atoms with Crippen molar-refractivity contribution in [3.63, 3.8) is 0 Å². The summed E-state index contributed by atoms with van der Waals surface area (Å²) in [6.07, 6.45) is 1.03. The third-order valence-corrected chi connectivity index (χ3v) is 6.84. The summed E-state index contributed by atoms with van der Waals surface area (Å²) in [6, 6.07) is 24.7. The van der Waals surface area contributed by atoms with E-state index in [0.717, 1.165) is 23.1 Å². The van der Waals surface area contributed by atoms with Crippen molar-refractivity contribution in [1.82, 2.24) is 10.9 Å². The van der Waals surface area contributed by atoms with E-state index in [-0.39, 0.29) is 18.6 Å². The van der Waals surface area contributed by atoms with E-state index in [9.17, 15) is 4.79 Å². The Balaban J connectivity index is 1.67. The maximum atomic E-state index is 14.2. The average molecular weight is 576 g/mol. The van der Waals surface area contributed by atoms with Gasteiger partial charge < -0.3 is 24.1 Å². The van der Waals surface area contributed by atoms with Gasteiger partial charge in [-0.05, 0) is 67.8 Å². The van der Waals surface area contributed by atoms with Crippen molar-refractivity contribution < 1.29 is 28.8 Å². The van der Waals surface area contributed by atoms with Crippen LogP contribution in [0.15, 0.2) is 83.9 Å². The van der Waals surface area contributed by atoms with Crippen LogP contribution in [0, 0.1) is 0 Å². The van der Waals surface area contributed by atoms with Crippen molar-refractivity contribution in [1.29, 1.82) is 0 Å². The molecule has 3 aromatic carbocycles. The molecule has 1 aliphatic heterocycles. The number of methoxy groups -OCH3 is 1. The van der Waals surface area contributed by atoms with Gasteiger partial charge >= 0.3 is 0 Å². The first-order valence-electron chi connectivity index (χ1n) is 14.4. The van der Waals surface area contributed by atoms with E-state index in [1.165, 1.54) is 0 Å². The molecule has 3 aromatic rings. The first kappa shape index (κ1) is 31.0. The van der Waals surface area contributed by atoms with Crippen LogP contribution >= 0.6 is 0 Å². The number of nitrogens with one attached hydrogen (secondary N) is 2. The van der Waals surface area contributed by atoms with Gasteiger partial charge in [-0.3, -0.25) is 10.2 Å². The average Bonchev–Trinajstić information content (AvgIpc) is 3.40. The fraction of sp³-hybridized carbons (Fsp3) is 0.394. The van der Waals surface area contributed by atoms with Crippen molar-refractivity contribution in [3.05, 3.63) is 95.6 Å². The molecule has 1 aliphatic rings. The molecular weight excluding hydrogens is 534 g/mol. The predicted molar refractivity (Wildman–Crippen MR) is 162 cm³/mol. The Morgan fingerprint density at radius 3 is 2.50 bits per heavy atom. The van der Waals surface area contributed by atoms with Crippen LogP contribution in [0.3, 0.4) is 0 Å². The SMILES string of the molecule is COc1cccc([C@@H]2OC(c3ccc(OCCCO)cc3)=N[C@]2(Cc2ccccc2)C(=O)NNCCCOC(C)C)c1. The topological polar surface area (TPSA) is 111 Å². The van der Waals surface area contributed by atoms with E-state index >= 15 is 0 Å². The van der Waals surface area contributed by atoms with E-state index in [1.807, 2.05) is 92.7 Å². The van der Waals surface area contributed by atoms with Gasteiger partial charge in [0, 0.05) is 38.2 Å². The monoisotopic (exact) mass is 575 g/mol. The minimum absolute atomic E-state index is 0.0700. The lowest BCUT2D eigenvalue weighted by Crippen LogP contribution is -2.54. The number of ether oxygens (including phenoxy) is 4. The van der Waals surface area contributed by atoms with Gasteiger partial charge in [-0.1, -0.05) is 42.5 Å². The third-order valence-electron chi connectivity index (χ3n) is 6.84. The summed E-state index contributed by atoms with van der Waals surface area (Å²) in [6.45, 7) is 5.61. The quantitative estimate of drug-likeness (QED) is 0.172. The molecule has 9 heteroatoms. The Morgan fingerprint density at radius 2 is 1.79 bits per heavy atom. The van der Waals surface area contributed by atoms with Crippen LogP contribution in [0.4, 0.5) is 0 Å². The van der Waals surface area contributed by atoms with Crippen LogP contribution in [0.2, 0.25) is 0 Å². The van der Waals surface area contributed by atoms with E-state index in [4.69, 9.17) is 29.0 Å². The van der Waals surface area contributed by atoms with Gasteiger partial charge in [-0.15, -0.1) is 0 Å². The second-order valence-corrected chi connectivity index (χ2v) is 10.4. The zero-order valence-electron chi connectivity index (χ0n) is 24.5. The lowest BCUT2D eigenvalue weighted by Gasteiger charge is -2.31. The Kier molecular flexibility index (Phi) is 11.3. The standard InChI is InChI=1S/C33H41N3O6/c1-24(2)40-20-8-18-34-36-32(38)33(23-25-10-5-4-6-11-25)30(27-12-7-13-29(22-27)39-3)42-31(35-33)26-14-16-28(17-15-26)41-21-9-19-37/h4-7,10-17,22,24,30,34,37H,8-9,18-21,23H2,1-3H3,(H,36,38)/t30-,33-/m0/s1. The maximum absolute atomic E-state index is 14.2. The minimum Gasteiger partial charge on any atom is -0.497 e. The molecular formula is C33H41N3O6. The van der Waals surface area contributed by atoms with E-state index in [0.29, 0.717) is 50.0 Å². The smallest absolute Gasteiger partial charge is 0.266 e. The molecule has 0 saturated heterocycles. The van der Waals surface area contributed by atoms with Crippen LogP contribution in [-0.2, 0) is 20.7 Å². The summed E-state index contributed by atoms with van der Waals surface area (Å²) >= 11 is 0. The van der Waals surface area contributed by atoms with Crippen LogP contribution in [0.1, 0.15) is 49.5 Å². The fourth-order valence-electron chi connectivity index (χ4n) is 4.72. The molecule has 9 nitrogen and oxygen atoms in total. The van der Waals surface area contributed by atoms with E-state index in [2.05, 4.69) is 10.9 Å². The molecule has 42 heavy (non-hydrogen) atoms. The van der Waals surface area contributed by atoms with Crippen LogP contribution in [0.5, 0.6) is 11.5 Å². The normalized spacial score (nSPS) is 17.9. The summed E-state index contributed by atoms with van der Waals surface area (Å²) < 4.78 is 23.4. The lowest BCUT2D eigenvalue weighted by atomic mass is 9.82. The maximum Gasteiger partial charge on any atom is 0.266 e. The molecule has 0 aromatic heterocycles. The van der Waals surface area contributed by atoms with Crippen molar-refractivity contribution in [2.75, 3.05) is 33.5 Å². The number of hydrazine groups is 1. The number of amides is 1. The molecule has 0 bridgehead atoms. The van der Waals surface area contributed by atoms with Crippen molar-refractivity contribution in [2.24, 2.45) is 4.99 Å². The molecule has 0 aliphatic carbocycles. The molecule has 224 valence electrons. The summed E-state index contributed by atoms with van der Waals surface area (Å²) in [4.78, 5) is 19.2. The molecule has 0 saturated carbocycles. The largest absolute Gasteiger partial charge is 0.497 e. The minimum atomic E-state index is -1.32. The van der Waals surface area contributed by atoms with Crippen LogP contribution in [-0.4, -0.2) is 62.0 Å². The molecule has 0 spiro atoms. The number of hydrogen-bond donors (Lipinski definition) is 3. The Morgan fingerprint density at radius 1 is 1.00 bits per heavy atom. The summed E-state index contributed by atoms with van der Waals surface area (Å²) in [5, 5.41) is 9.03. The van der Waals surface area contributed by atoms with Crippen molar-refractivity contribution in [3.8, 4) is 11.5 Å². The molecule has 0 radical (unpaired) electrons. The highest BCUT2D eigenvalue weighted by molar-refractivity contribution is 6.01. The van der Waals surface area contributed by atoms with Gasteiger partial charge in [0.2, 0.25) is 5.90 Å². The summed E-state index contributed by atoms with van der Waals surface area (Å²) in [5.41, 5.74) is 7.10. The van der Waals surface area contributed by atoms with Crippen LogP contribution < -0.4 is 20.3 Å². The number of carbonyl (C=O) groups is 1. The molecule has 1 amide bonds. The number of aliphatic hydroxyl groups is 1. The highest BCUT2D eigenvalue weighted by atomic mass is 16.5. The number of nitrogens with zero attached hydrogens (tertiary/aromatic N) is 1. The number of aliphatic hydroxyl groups excluding tert-OH is 1. The van der Waals surface area contributed by atoms with Gasteiger partial charge in [0.05, 0.1) is 19.8 Å². The third kappa shape index (κ3) is 8.09. The molecule has 1 heterocycles. The second-order valence-electron chi connectivity index (χ2n) is 10.4. The number of aliphatic imine (C=N–C) groups is 1. The molecule has 0 fully saturated rings. The first-order valence-corrected chi connectivity index (χ1v) is 14.4. The molecule has 0 unspecified atom stereocenters. The van der Waals surface area contributed by atoms with Gasteiger partial charge in [0.25, 0.3) is 5.91 Å². The van der Waals surface area contributed by atoms with Gasteiger partial charge in [0.15, 0.2) is 11.6 Å². The highest BCUT2D eigenvalue weighted by Gasteiger charge is 2.53. The first-order chi connectivity index (χ1) is 20.4. The second kappa shape index (κ2) is 15.3. The van der Waals surface area contributed by atoms with Gasteiger partial charge in [-0.25, -0.2) is 10.4 Å². The predicted octanol–water partition coefficient (Wildman–Crippen LogP) is 4.39. The highest BCUT2D eigenvalue weighted by Crippen LogP contribution is 2.43.